The molecule has 0 amide bonds. The van der Waals surface area contributed by atoms with E-state index in [1.54, 1.807) is 0 Å². The van der Waals surface area contributed by atoms with Gasteiger partial charge in [-0.1, -0.05) is 24.3 Å². The molecule has 1 aromatic heterocycles. The average Bonchev–Trinajstić information content (AvgIpc) is 2.95. The van der Waals surface area contributed by atoms with E-state index < -0.39 is 0 Å². The summed E-state index contributed by atoms with van der Waals surface area (Å²) in [6.07, 6.45) is 5.55. The number of piperazine rings is 1. The van der Waals surface area contributed by atoms with Crippen LogP contribution in [0.4, 0.5) is 11.4 Å². The van der Waals surface area contributed by atoms with Gasteiger partial charge in [-0.05, 0) is 63.1 Å². The van der Waals surface area contributed by atoms with E-state index in [4.69, 9.17) is 14.5 Å². The van der Waals surface area contributed by atoms with Gasteiger partial charge < -0.3 is 19.3 Å². The highest BCUT2D eigenvalue weighted by atomic mass is 16.5. The molecule has 7 nitrogen and oxygen atoms in total. The van der Waals surface area contributed by atoms with E-state index in [1.807, 2.05) is 19.9 Å². The second-order valence-electron chi connectivity index (χ2n) is 10.5. The summed E-state index contributed by atoms with van der Waals surface area (Å²) in [7, 11) is 0. The van der Waals surface area contributed by atoms with E-state index in [1.165, 1.54) is 16.6 Å². The number of anilines is 2. The van der Waals surface area contributed by atoms with Crippen molar-refractivity contribution in [2.24, 2.45) is 0 Å². The first-order chi connectivity index (χ1) is 19.0. The standard InChI is InChI=1S/C32H36N4O3/c1-4-38-32(37)26-9-7-16-36-29-12-5-8-24(31(29)39-21-30(26)36)15-17-34-18-19-35(20-23(34)3)28-11-6-10-27-25(28)14-13-22(2)33-27/h5-8,10-14,16,23H,4,9,15,17-21H2,1-3H3/t23-/m1/s1. The van der Waals surface area contributed by atoms with Crippen molar-refractivity contribution in [2.75, 3.05) is 49.2 Å². The first-order valence-electron chi connectivity index (χ1n) is 14.0. The molecule has 6 rings (SSSR count). The molecule has 2 aromatic carbocycles. The van der Waals surface area contributed by atoms with Gasteiger partial charge in [-0.2, -0.15) is 0 Å². The monoisotopic (exact) mass is 524 g/mol. The number of allylic oxidation sites excluding steroid dienone is 1. The van der Waals surface area contributed by atoms with Crippen molar-refractivity contribution >= 4 is 28.2 Å². The number of carbonyl (C=O) groups excluding carboxylic acids is 1. The second-order valence-corrected chi connectivity index (χ2v) is 10.5. The molecule has 0 N–H and O–H groups in total. The minimum atomic E-state index is -0.256. The van der Waals surface area contributed by atoms with Crippen LogP contribution in [0.2, 0.25) is 0 Å². The number of hydrogen-bond donors (Lipinski definition) is 0. The van der Waals surface area contributed by atoms with E-state index in [0.29, 0.717) is 31.2 Å². The number of nitrogens with zero attached hydrogens (tertiary/aromatic N) is 4. The van der Waals surface area contributed by atoms with E-state index in [9.17, 15) is 4.79 Å². The van der Waals surface area contributed by atoms with Crippen molar-refractivity contribution in [3.8, 4) is 5.75 Å². The maximum Gasteiger partial charge on any atom is 0.336 e. The number of fused-ring (bicyclic) bond motifs is 4. The lowest BCUT2D eigenvalue weighted by Gasteiger charge is -2.41. The van der Waals surface area contributed by atoms with Crippen molar-refractivity contribution in [1.82, 2.24) is 9.88 Å². The maximum atomic E-state index is 12.5. The number of aryl methyl sites for hydroxylation is 1. The highest BCUT2D eigenvalue weighted by molar-refractivity contribution is 5.93. The van der Waals surface area contributed by atoms with Crippen molar-refractivity contribution in [1.29, 1.82) is 0 Å². The summed E-state index contributed by atoms with van der Waals surface area (Å²) in [5.41, 5.74) is 7.14. The lowest BCUT2D eigenvalue weighted by Crippen LogP contribution is -2.52. The van der Waals surface area contributed by atoms with Gasteiger partial charge in [0.25, 0.3) is 0 Å². The molecular weight excluding hydrogens is 488 g/mol. The highest BCUT2D eigenvalue weighted by Gasteiger charge is 2.31. The summed E-state index contributed by atoms with van der Waals surface area (Å²) in [4.78, 5) is 24.4. The SMILES string of the molecule is CCOC(=O)C1=C2COc3c(CCN4CCN(c5cccc6nc(C)ccc56)C[C@H]4C)cccc3N2C=CC1. The molecule has 0 saturated carbocycles. The zero-order chi connectivity index (χ0) is 26.9. The number of carbonyl (C=O) groups is 1. The molecule has 3 aliphatic rings. The van der Waals surface area contributed by atoms with Gasteiger partial charge >= 0.3 is 5.97 Å². The third kappa shape index (κ3) is 4.87. The van der Waals surface area contributed by atoms with E-state index >= 15 is 0 Å². The molecule has 4 heterocycles. The van der Waals surface area contributed by atoms with Gasteiger partial charge in [0, 0.05) is 61.6 Å². The molecule has 1 saturated heterocycles. The van der Waals surface area contributed by atoms with Gasteiger partial charge in [0.15, 0.2) is 0 Å². The summed E-state index contributed by atoms with van der Waals surface area (Å²) in [6, 6.07) is 17.5. The Morgan fingerprint density at radius 2 is 1.95 bits per heavy atom. The zero-order valence-corrected chi connectivity index (χ0v) is 23.0. The molecular formula is C32H36N4O3. The summed E-state index contributed by atoms with van der Waals surface area (Å²) >= 11 is 0. The number of rotatable bonds is 6. The van der Waals surface area contributed by atoms with E-state index in [2.05, 4.69) is 76.4 Å². The third-order valence-corrected chi connectivity index (χ3v) is 8.05. The maximum absolute atomic E-state index is 12.5. The fourth-order valence-corrected chi connectivity index (χ4v) is 6.02. The molecule has 1 fully saturated rings. The normalized spacial score (nSPS) is 19.1. The van der Waals surface area contributed by atoms with Gasteiger partial charge in [0.1, 0.15) is 12.4 Å². The van der Waals surface area contributed by atoms with Crippen molar-refractivity contribution in [3.63, 3.8) is 0 Å². The van der Waals surface area contributed by atoms with E-state index in [0.717, 1.165) is 60.9 Å². The van der Waals surface area contributed by atoms with Crippen LogP contribution in [-0.4, -0.2) is 61.3 Å². The Kier molecular flexibility index (Phi) is 7.00. The molecule has 0 bridgehead atoms. The predicted octanol–water partition coefficient (Wildman–Crippen LogP) is 5.23. The first kappa shape index (κ1) is 25.4. The van der Waals surface area contributed by atoms with Gasteiger partial charge in [0.05, 0.1) is 29.1 Å². The Bertz CT molecular complexity index is 1460. The molecule has 1 atom stereocenters. The molecule has 0 aliphatic carbocycles. The number of hydrogen-bond acceptors (Lipinski definition) is 7. The molecule has 39 heavy (non-hydrogen) atoms. The summed E-state index contributed by atoms with van der Waals surface area (Å²) in [6.45, 7) is 10.9. The number of ether oxygens (including phenoxy) is 2. The van der Waals surface area contributed by atoms with Gasteiger partial charge in [-0.15, -0.1) is 0 Å². The smallest absolute Gasteiger partial charge is 0.336 e. The van der Waals surface area contributed by atoms with Crippen LogP contribution in [0.3, 0.4) is 0 Å². The Labute approximate surface area is 230 Å². The molecule has 0 radical (unpaired) electrons. The molecule has 0 spiro atoms. The van der Waals surface area contributed by atoms with Crippen molar-refractivity contribution in [2.45, 2.75) is 39.7 Å². The average molecular weight is 525 g/mol. The van der Waals surface area contributed by atoms with Crippen LogP contribution in [0.15, 0.2) is 72.1 Å². The first-order valence-corrected chi connectivity index (χ1v) is 14.0. The minimum Gasteiger partial charge on any atom is -0.485 e. The van der Waals surface area contributed by atoms with Crippen molar-refractivity contribution < 1.29 is 14.3 Å². The van der Waals surface area contributed by atoms with Gasteiger partial charge in [-0.3, -0.25) is 9.88 Å². The van der Waals surface area contributed by atoms with Gasteiger partial charge in [0.2, 0.25) is 0 Å². The fraction of sp³-hybridized carbons (Fsp3) is 0.375. The predicted molar refractivity (Wildman–Crippen MR) is 155 cm³/mol. The molecule has 3 aromatic rings. The van der Waals surface area contributed by atoms with E-state index in [-0.39, 0.29) is 5.97 Å². The summed E-state index contributed by atoms with van der Waals surface area (Å²) in [5, 5.41) is 1.23. The number of benzene rings is 2. The van der Waals surface area contributed by atoms with Crippen LogP contribution in [0.1, 0.15) is 31.5 Å². The Morgan fingerprint density at radius 3 is 2.79 bits per heavy atom. The number of pyridine rings is 1. The molecule has 3 aliphatic heterocycles. The zero-order valence-electron chi connectivity index (χ0n) is 23.0. The Morgan fingerprint density at radius 1 is 1.10 bits per heavy atom. The van der Waals surface area contributed by atoms with Crippen LogP contribution in [0, 0.1) is 6.92 Å². The fourth-order valence-electron chi connectivity index (χ4n) is 6.02. The van der Waals surface area contributed by atoms with Crippen LogP contribution in [-0.2, 0) is 16.0 Å². The number of esters is 1. The highest BCUT2D eigenvalue weighted by Crippen LogP contribution is 2.41. The van der Waals surface area contributed by atoms with Crippen LogP contribution in [0.5, 0.6) is 5.75 Å². The molecule has 0 unspecified atom stereocenters. The summed E-state index contributed by atoms with van der Waals surface area (Å²) < 4.78 is 11.6. The largest absolute Gasteiger partial charge is 0.485 e. The lowest BCUT2D eigenvalue weighted by molar-refractivity contribution is -0.138. The van der Waals surface area contributed by atoms with Crippen molar-refractivity contribution in [3.05, 3.63) is 83.3 Å². The lowest BCUT2D eigenvalue weighted by atomic mass is 10.0. The topological polar surface area (TPSA) is 58.1 Å². The third-order valence-electron chi connectivity index (χ3n) is 8.05. The number of aromatic nitrogens is 1. The molecule has 202 valence electrons. The summed E-state index contributed by atoms with van der Waals surface area (Å²) in [5.74, 6) is 0.661. The van der Waals surface area contributed by atoms with Crippen LogP contribution < -0.4 is 14.5 Å². The number of para-hydroxylation sites is 1. The van der Waals surface area contributed by atoms with Crippen LogP contribution in [0.25, 0.3) is 10.9 Å². The Balaban J connectivity index is 1.15. The van der Waals surface area contributed by atoms with Gasteiger partial charge in [-0.25, -0.2) is 4.79 Å². The van der Waals surface area contributed by atoms with Crippen LogP contribution >= 0.6 is 0 Å². The Hall–Kier alpha value is -3.84. The quantitative estimate of drug-likeness (QED) is 0.409. The minimum absolute atomic E-state index is 0.256. The second kappa shape index (κ2) is 10.7. The molecule has 7 heteroatoms.